The minimum Gasteiger partial charge on any atom is -0.459 e. The number of nitrogens with one attached hydrogen (secondary N) is 2. The van der Waals surface area contributed by atoms with E-state index < -0.39 is 0 Å². The van der Waals surface area contributed by atoms with Gasteiger partial charge in [-0.15, -0.1) is 35.3 Å². The number of para-hydroxylation sites is 1. The lowest BCUT2D eigenvalue weighted by Crippen LogP contribution is -2.37. The van der Waals surface area contributed by atoms with Crippen LogP contribution < -0.4 is 10.6 Å². The molecule has 146 valence electrons. The number of fused-ring (bicyclic) bond motifs is 1. The monoisotopic (exact) mass is 498 g/mol. The predicted octanol–water partition coefficient (Wildman–Crippen LogP) is 4.59. The Morgan fingerprint density at radius 2 is 2.00 bits per heavy atom. The number of aliphatic imine (C=N–C) groups is 1. The third-order valence-electron chi connectivity index (χ3n) is 4.49. The van der Waals surface area contributed by atoms with Crippen molar-refractivity contribution in [1.82, 2.24) is 15.6 Å². The first-order valence-corrected chi connectivity index (χ1v) is 9.80. The number of halogens is 1. The van der Waals surface area contributed by atoms with Gasteiger partial charge in [-0.3, -0.25) is 4.99 Å². The summed E-state index contributed by atoms with van der Waals surface area (Å²) in [4.78, 5) is 10.3. The molecule has 1 aromatic carbocycles. The molecule has 3 aromatic rings. The summed E-state index contributed by atoms with van der Waals surface area (Å²) in [6.45, 7) is 7.79. The van der Waals surface area contributed by atoms with E-state index in [-0.39, 0.29) is 24.0 Å². The minimum absolute atomic E-state index is 0. The first-order chi connectivity index (χ1) is 12.6. The molecule has 0 aliphatic heterocycles. The van der Waals surface area contributed by atoms with Crippen molar-refractivity contribution in [2.24, 2.45) is 4.99 Å². The fraction of sp³-hybridized carbons (Fsp3) is 0.400. The van der Waals surface area contributed by atoms with Crippen molar-refractivity contribution in [3.8, 4) is 0 Å². The lowest BCUT2D eigenvalue weighted by Gasteiger charge is -2.10. The Morgan fingerprint density at radius 1 is 1.22 bits per heavy atom. The van der Waals surface area contributed by atoms with Gasteiger partial charge in [-0.2, -0.15) is 0 Å². The highest BCUT2D eigenvalue weighted by Gasteiger charge is 2.10. The van der Waals surface area contributed by atoms with Gasteiger partial charge in [0.1, 0.15) is 11.3 Å². The Labute approximate surface area is 181 Å². The average Bonchev–Trinajstić information content (AvgIpc) is 3.17. The number of guanidine groups is 1. The number of aryl methyl sites for hydroxylation is 3. The minimum atomic E-state index is 0. The third-order valence-corrected chi connectivity index (χ3v) is 5.56. The zero-order chi connectivity index (χ0) is 18.5. The molecule has 5 nitrogen and oxygen atoms in total. The number of rotatable bonds is 6. The third kappa shape index (κ3) is 5.22. The highest BCUT2D eigenvalue weighted by atomic mass is 127. The van der Waals surface area contributed by atoms with Crippen LogP contribution in [-0.4, -0.2) is 24.5 Å². The maximum Gasteiger partial charge on any atom is 0.191 e. The molecule has 0 saturated heterocycles. The molecule has 0 saturated carbocycles. The van der Waals surface area contributed by atoms with E-state index in [0.29, 0.717) is 6.54 Å². The molecule has 0 unspecified atom stereocenters. The molecule has 0 atom stereocenters. The summed E-state index contributed by atoms with van der Waals surface area (Å²) in [5, 5.41) is 9.02. The van der Waals surface area contributed by atoms with Crippen molar-refractivity contribution in [3.63, 3.8) is 0 Å². The van der Waals surface area contributed by atoms with Gasteiger partial charge in [-0.25, -0.2) is 4.98 Å². The van der Waals surface area contributed by atoms with Gasteiger partial charge in [-0.05, 0) is 26.3 Å². The van der Waals surface area contributed by atoms with Gasteiger partial charge < -0.3 is 15.1 Å². The maximum atomic E-state index is 5.94. The van der Waals surface area contributed by atoms with Crippen LogP contribution in [0.4, 0.5) is 0 Å². The lowest BCUT2D eigenvalue weighted by atomic mass is 10.1. The largest absolute Gasteiger partial charge is 0.459 e. The number of hydrogen-bond donors (Lipinski definition) is 2. The fourth-order valence-corrected chi connectivity index (χ4v) is 4.01. The molecule has 0 amide bonds. The van der Waals surface area contributed by atoms with Crippen LogP contribution in [0, 0.1) is 13.8 Å². The average molecular weight is 498 g/mol. The van der Waals surface area contributed by atoms with Gasteiger partial charge in [0.05, 0.1) is 17.2 Å². The Morgan fingerprint density at radius 3 is 2.67 bits per heavy atom. The Balaban J connectivity index is 0.00000261. The van der Waals surface area contributed by atoms with Gasteiger partial charge in [0, 0.05) is 35.8 Å². The second-order valence-electron chi connectivity index (χ2n) is 6.21. The fourth-order valence-electron chi connectivity index (χ4n) is 2.99. The Kier molecular flexibility index (Phi) is 8.09. The molecule has 0 bridgehead atoms. The van der Waals surface area contributed by atoms with Gasteiger partial charge in [0.25, 0.3) is 0 Å². The van der Waals surface area contributed by atoms with Crippen molar-refractivity contribution in [2.75, 3.05) is 13.6 Å². The summed E-state index contributed by atoms with van der Waals surface area (Å²) in [6, 6.07) is 8.12. The van der Waals surface area contributed by atoms with Crippen molar-refractivity contribution in [2.45, 2.75) is 40.2 Å². The molecule has 3 rings (SSSR count). The molecule has 0 radical (unpaired) electrons. The van der Waals surface area contributed by atoms with Crippen molar-refractivity contribution in [1.29, 1.82) is 0 Å². The van der Waals surface area contributed by atoms with E-state index >= 15 is 0 Å². The number of hydrogen-bond acceptors (Lipinski definition) is 4. The number of thiazole rings is 1. The second-order valence-corrected chi connectivity index (χ2v) is 7.50. The molecule has 2 heterocycles. The summed E-state index contributed by atoms with van der Waals surface area (Å²) < 4.78 is 5.94. The number of furan rings is 1. The van der Waals surface area contributed by atoms with Crippen molar-refractivity contribution in [3.05, 3.63) is 51.2 Å². The summed E-state index contributed by atoms with van der Waals surface area (Å²) >= 11 is 1.79. The van der Waals surface area contributed by atoms with Gasteiger partial charge in [0.2, 0.25) is 0 Å². The Bertz CT molecular complexity index is 916. The van der Waals surface area contributed by atoms with Gasteiger partial charge >= 0.3 is 0 Å². The van der Waals surface area contributed by atoms with Crippen molar-refractivity contribution >= 4 is 52.2 Å². The lowest BCUT2D eigenvalue weighted by molar-refractivity contribution is 0.534. The SMILES string of the molecule is CCc1nc(CCNC(=NC)NCc2oc3ccccc3c2C)sc1C.I. The molecular formula is C20H27IN4OS. The number of nitrogens with zero attached hydrogens (tertiary/aromatic N) is 2. The van der Waals surface area contributed by atoms with Crippen LogP contribution in [0.25, 0.3) is 11.0 Å². The van der Waals surface area contributed by atoms with E-state index in [9.17, 15) is 0 Å². The van der Waals surface area contributed by atoms with Crippen LogP contribution in [0.3, 0.4) is 0 Å². The summed E-state index contributed by atoms with van der Waals surface area (Å²) in [6.07, 6.45) is 1.89. The van der Waals surface area contributed by atoms with E-state index in [1.54, 1.807) is 18.4 Å². The quantitative estimate of drug-likeness (QED) is 0.297. The molecule has 0 aliphatic carbocycles. The smallest absolute Gasteiger partial charge is 0.191 e. The topological polar surface area (TPSA) is 62.5 Å². The van der Waals surface area contributed by atoms with E-state index in [2.05, 4.69) is 47.4 Å². The molecule has 2 aromatic heterocycles. The van der Waals surface area contributed by atoms with Gasteiger partial charge in [0.15, 0.2) is 5.96 Å². The van der Waals surface area contributed by atoms with E-state index in [1.165, 1.54) is 21.1 Å². The number of aromatic nitrogens is 1. The highest BCUT2D eigenvalue weighted by molar-refractivity contribution is 14.0. The van der Waals surface area contributed by atoms with Crippen LogP contribution in [0.1, 0.15) is 33.8 Å². The maximum absolute atomic E-state index is 5.94. The summed E-state index contributed by atoms with van der Waals surface area (Å²) in [5.41, 5.74) is 3.32. The predicted molar refractivity (Wildman–Crippen MR) is 125 cm³/mol. The van der Waals surface area contributed by atoms with Gasteiger partial charge in [-0.1, -0.05) is 25.1 Å². The molecule has 0 spiro atoms. The van der Waals surface area contributed by atoms with Crippen LogP contribution in [0.5, 0.6) is 0 Å². The first-order valence-electron chi connectivity index (χ1n) is 8.99. The van der Waals surface area contributed by atoms with Crippen LogP contribution in [0.2, 0.25) is 0 Å². The summed E-state index contributed by atoms with van der Waals surface area (Å²) in [7, 11) is 1.78. The molecule has 7 heteroatoms. The zero-order valence-corrected chi connectivity index (χ0v) is 19.4. The molecular weight excluding hydrogens is 471 g/mol. The van der Waals surface area contributed by atoms with E-state index in [1.807, 2.05) is 18.2 Å². The molecule has 0 aliphatic rings. The summed E-state index contributed by atoms with van der Waals surface area (Å²) in [5.74, 6) is 1.71. The van der Waals surface area contributed by atoms with Crippen molar-refractivity contribution < 1.29 is 4.42 Å². The van der Waals surface area contributed by atoms with Crippen LogP contribution in [-0.2, 0) is 19.4 Å². The second kappa shape index (κ2) is 10.1. The normalized spacial score (nSPS) is 11.5. The zero-order valence-electron chi connectivity index (χ0n) is 16.3. The molecule has 27 heavy (non-hydrogen) atoms. The number of benzene rings is 1. The van der Waals surface area contributed by atoms with Crippen LogP contribution >= 0.6 is 35.3 Å². The first kappa shape index (κ1) is 21.7. The molecule has 2 N–H and O–H groups in total. The Hall–Kier alpha value is -1.61. The van der Waals surface area contributed by atoms with Crippen LogP contribution in [0.15, 0.2) is 33.7 Å². The van der Waals surface area contributed by atoms with E-state index in [4.69, 9.17) is 4.42 Å². The molecule has 0 fully saturated rings. The van der Waals surface area contributed by atoms with E-state index in [0.717, 1.165) is 42.1 Å². The highest BCUT2D eigenvalue weighted by Crippen LogP contribution is 2.24. The standard InChI is InChI=1S/C20H26N4OS.HI/c1-5-16-14(3)26-19(24-16)10-11-22-20(21-4)23-12-18-13(2)15-8-6-7-9-17(15)25-18;/h6-9H,5,10-12H2,1-4H3,(H2,21,22,23);1H.